The van der Waals surface area contributed by atoms with Crippen LogP contribution in [0.25, 0.3) is 33.6 Å². The lowest BCUT2D eigenvalue weighted by Crippen LogP contribution is -1.96. The minimum atomic E-state index is -0.289. The molecule has 156 valence electrons. The number of aromatic nitrogens is 3. The van der Waals surface area contributed by atoms with Gasteiger partial charge in [0.2, 0.25) is 0 Å². The normalized spacial score (nSPS) is 10.9. The van der Waals surface area contributed by atoms with Crippen molar-refractivity contribution < 1.29 is 18.3 Å². The molecule has 6 nitrogen and oxygen atoms in total. The molecule has 5 aromatic rings. The number of hydrogen-bond acceptors (Lipinski definition) is 6. The van der Waals surface area contributed by atoms with Gasteiger partial charge in [-0.15, -0.1) is 0 Å². The highest BCUT2D eigenvalue weighted by atomic mass is 19.1. The Labute approximate surface area is 182 Å². The van der Waals surface area contributed by atoms with Crippen LogP contribution in [0.15, 0.2) is 83.9 Å². The summed E-state index contributed by atoms with van der Waals surface area (Å²) in [6, 6.07) is 17.3. The molecule has 3 heterocycles. The maximum atomic E-state index is 13.3. The van der Waals surface area contributed by atoms with Crippen LogP contribution in [0.3, 0.4) is 0 Å². The van der Waals surface area contributed by atoms with Crippen LogP contribution >= 0.6 is 0 Å². The predicted molar refractivity (Wildman–Crippen MR) is 117 cm³/mol. The first-order chi connectivity index (χ1) is 15.7. The summed E-state index contributed by atoms with van der Waals surface area (Å²) in [6.07, 6.45) is 5.25. The second kappa shape index (κ2) is 8.39. The zero-order valence-corrected chi connectivity index (χ0v) is 16.7. The van der Waals surface area contributed by atoms with Crippen molar-refractivity contribution in [2.24, 2.45) is 0 Å². The van der Waals surface area contributed by atoms with Gasteiger partial charge in [0.25, 0.3) is 0 Å². The molecule has 0 aliphatic rings. The minimum absolute atomic E-state index is 0.272. The Bertz CT molecular complexity index is 1410. The summed E-state index contributed by atoms with van der Waals surface area (Å²) in [7, 11) is 0. The smallest absolute Gasteiger partial charge is 0.153 e. The number of carbonyl (C=O) groups excluding carboxylic acids is 1. The average Bonchev–Trinajstić information content (AvgIpc) is 3.32. The van der Waals surface area contributed by atoms with Crippen molar-refractivity contribution in [2.75, 3.05) is 0 Å². The van der Waals surface area contributed by atoms with Crippen molar-refractivity contribution >= 4 is 17.2 Å². The van der Waals surface area contributed by atoms with E-state index in [2.05, 4.69) is 15.0 Å². The second-order valence-corrected chi connectivity index (χ2v) is 7.11. The van der Waals surface area contributed by atoms with E-state index < -0.39 is 0 Å². The van der Waals surface area contributed by atoms with Crippen LogP contribution in [-0.2, 0) is 6.61 Å². The SMILES string of the molecule is O=Cc1coc(-c2cc3c(-c4ccc(OCc5cccc(F)c5)cc4)ncnc3cn2)c1. The molecule has 0 N–H and O–H groups in total. The van der Waals surface area contributed by atoms with Crippen LogP contribution in [0.1, 0.15) is 15.9 Å². The van der Waals surface area contributed by atoms with Gasteiger partial charge in [0.15, 0.2) is 12.0 Å². The molecule has 0 spiro atoms. The van der Waals surface area contributed by atoms with Crippen LogP contribution in [0.4, 0.5) is 4.39 Å². The van der Waals surface area contributed by atoms with E-state index in [9.17, 15) is 9.18 Å². The van der Waals surface area contributed by atoms with Crippen LogP contribution < -0.4 is 4.74 Å². The lowest BCUT2D eigenvalue weighted by Gasteiger charge is -2.09. The fourth-order valence-corrected chi connectivity index (χ4v) is 3.37. The largest absolute Gasteiger partial charge is 0.489 e. The zero-order chi connectivity index (χ0) is 21.9. The van der Waals surface area contributed by atoms with Gasteiger partial charge in [0.1, 0.15) is 36.5 Å². The Hall–Kier alpha value is -4.39. The van der Waals surface area contributed by atoms with Gasteiger partial charge in [0.05, 0.1) is 23.0 Å². The molecule has 2 aromatic carbocycles. The summed E-state index contributed by atoms with van der Waals surface area (Å²) in [5.74, 6) is 0.864. The number of aldehydes is 1. The number of halogens is 1. The highest BCUT2D eigenvalue weighted by Gasteiger charge is 2.12. The third-order valence-electron chi connectivity index (χ3n) is 4.95. The summed E-state index contributed by atoms with van der Waals surface area (Å²) < 4.78 is 24.5. The van der Waals surface area contributed by atoms with Gasteiger partial charge in [-0.3, -0.25) is 9.78 Å². The van der Waals surface area contributed by atoms with Crippen molar-refractivity contribution in [3.05, 3.63) is 96.4 Å². The van der Waals surface area contributed by atoms with Crippen LogP contribution in [0.5, 0.6) is 5.75 Å². The van der Waals surface area contributed by atoms with Gasteiger partial charge in [-0.05, 0) is 54.1 Å². The van der Waals surface area contributed by atoms with Gasteiger partial charge in [-0.25, -0.2) is 14.4 Å². The summed E-state index contributed by atoms with van der Waals surface area (Å²) in [5, 5.41) is 0.801. The van der Waals surface area contributed by atoms with E-state index >= 15 is 0 Å². The van der Waals surface area contributed by atoms with Gasteiger partial charge in [-0.1, -0.05) is 12.1 Å². The molecule has 0 atom stereocenters. The van der Waals surface area contributed by atoms with Crippen LogP contribution in [-0.4, -0.2) is 21.2 Å². The van der Waals surface area contributed by atoms with Gasteiger partial charge in [-0.2, -0.15) is 0 Å². The lowest BCUT2D eigenvalue weighted by molar-refractivity contribution is 0.112. The molecule has 0 unspecified atom stereocenters. The fourth-order valence-electron chi connectivity index (χ4n) is 3.37. The first kappa shape index (κ1) is 19.6. The number of hydrogen-bond donors (Lipinski definition) is 0. The van der Waals surface area contributed by atoms with Crippen LogP contribution in [0, 0.1) is 5.82 Å². The van der Waals surface area contributed by atoms with Gasteiger partial charge < -0.3 is 9.15 Å². The molecular weight excluding hydrogens is 409 g/mol. The quantitative estimate of drug-likeness (QED) is 0.335. The molecule has 0 aliphatic heterocycles. The van der Waals surface area contributed by atoms with E-state index in [0.717, 1.165) is 28.5 Å². The Morgan fingerprint density at radius 3 is 2.66 bits per heavy atom. The van der Waals surface area contributed by atoms with Gasteiger partial charge >= 0.3 is 0 Å². The molecule has 0 radical (unpaired) electrons. The number of furan rings is 1. The number of pyridine rings is 1. The van der Waals surface area contributed by atoms with E-state index in [0.29, 0.717) is 28.3 Å². The van der Waals surface area contributed by atoms with Gasteiger partial charge in [0, 0.05) is 10.9 Å². The molecular formula is C25H16FN3O3. The van der Waals surface area contributed by atoms with Crippen molar-refractivity contribution in [3.63, 3.8) is 0 Å². The van der Waals surface area contributed by atoms with Crippen LogP contribution in [0.2, 0.25) is 0 Å². The maximum Gasteiger partial charge on any atom is 0.153 e. The average molecular weight is 425 g/mol. The summed E-state index contributed by atoms with van der Waals surface area (Å²) >= 11 is 0. The molecule has 0 saturated carbocycles. The molecule has 5 rings (SSSR count). The Morgan fingerprint density at radius 1 is 1.00 bits per heavy atom. The molecule has 32 heavy (non-hydrogen) atoms. The lowest BCUT2D eigenvalue weighted by atomic mass is 10.1. The number of benzene rings is 2. The number of fused-ring (bicyclic) bond motifs is 1. The van der Waals surface area contributed by atoms with E-state index in [1.807, 2.05) is 36.4 Å². The maximum absolute atomic E-state index is 13.3. The highest BCUT2D eigenvalue weighted by molar-refractivity contribution is 5.93. The van der Waals surface area contributed by atoms with E-state index in [1.165, 1.54) is 24.7 Å². The molecule has 7 heteroatoms. The number of ether oxygens (including phenoxy) is 1. The first-order valence-corrected chi connectivity index (χ1v) is 9.82. The Morgan fingerprint density at radius 2 is 1.88 bits per heavy atom. The van der Waals surface area contributed by atoms with E-state index in [4.69, 9.17) is 9.15 Å². The number of nitrogens with zero attached hydrogens (tertiary/aromatic N) is 3. The molecule has 0 bridgehead atoms. The number of rotatable bonds is 6. The summed E-state index contributed by atoms with van der Waals surface area (Å²) in [6.45, 7) is 0.272. The highest BCUT2D eigenvalue weighted by Crippen LogP contribution is 2.30. The van der Waals surface area contributed by atoms with Crippen molar-refractivity contribution in [1.82, 2.24) is 15.0 Å². The topological polar surface area (TPSA) is 78.1 Å². The van der Waals surface area contributed by atoms with E-state index in [-0.39, 0.29) is 12.4 Å². The monoisotopic (exact) mass is 425 g/mol. The van der Waals surface area contributed by atoms with E-state index in [1.54, 1.807) is 18.3 Å². The number of carbonyl (C=O) groups is 1. The minimum Gasteiger partial charge on any atom is -0.489 e. The summed E-state index contributed by atoms with van der Waals surface area (Å²) in [4.78, 5) is 24.1. The third kappa shape index (κ3) is 3.96. The van der Waals surface area contributed by atoms with Crippen molar-refractivity contribution in [2.45, 2.75) is 6.61 Å². The Balaban J connectivity index is 1.43. The van der Waals surface area contributed by atoms with Crippen molar-refractivity contribution in [3.8, 4) is 28.5 Å². The summed E-state index contributed by atoms with van der Waals surface area (Å²) in [5.41, 5.74) is 4.08. The fraction of sp³-hybridized carbons (Fsp3) is 0.0400. The molecule has 0 saturated heterocycles. The molecule has 3 aromatic heterocycles. The first-order valence-electron chi connectivity index (χ1n) is 9.82. The zero-order valence-electron chi connectivity index (χ0n) is 16.7. The second-order valence-electron chi connectivity index (χ2n) is 7.11. The Kier molecular flexibility index (Phi) is 5.13. The standard InChI is InChI=1S/C25H16FN3O3/c26-19-3-1-2-16(8-19)13-31-20-6-4-18(5-7-20)25-21-10-22(24-9-17(12-30)14-32-24)27-11-23(21)28-15-29-25/h1-12,14-15H,13H2. The van der Waals surface area contributed by atoms with Crippen molar-refractivity contribution in [1.29, 1.82) is 0 Å². The molecule has 0 fully saturated rings. The molecule has 0 aliphatic carbocycles. The third-order valence-corrected chi connectivity index (χ3v) is 4.95. The predicted octanol–water partition coefficient (Wildman–Crippen LogP) is 5.48. The molecule has 0 amide bonds.